The maximum Gasteiger partial charge on any atom is 0.426 e. The average Bonchev–Trinajstić information content (AvgIpc) is 2.38. The molecule has 144 valence electrons. The molecule has 0 N–H and O–H groups in total. The van der Waals surface area contributed by atoms with Gasteiger partial charge in [0.05, 0.1) is 6.61 Å². The number of alkyl halides is 6. The van der Waals surface area contributed by atoms with Crippen molar-refractivity contribution in [1.29, 1.82) is 0 Å². The zero-order valence-corrected chi connectivity index (χ0v) is 13.4. The van der Waals surface area contributed by atoms with Crippen LogP contribution in [0, 0.1) is 23.2 Å². The summed E-state index contributed by atoms with van der Waals surface area (Å²) >= 11 is 0. The maximum absolute atomic E-state index is 13.3. The predicted molar refractivity (Wildman–Crippen MR) is 71.0 cm³/mol. The van der Waals surface area contributed by atoms with Crippen LogP contribution in [-0.4, -0.2) is 30.5 Å². The topological polar surface area (TPSA) is 49.4 Å². The number of carbonyl (C=O) groups excluding carboxylic acids is 1. The third-order valence-electron chi connectivity index (χ3n) is 6.10. The second-order valence-electron chi connectivity index (χ2n) is 8.08. The molecular weight excluding hydrogens is 354 g/mol. The summed E-state index contributed by atoms with van der Waals surface area (Å²) in [6.07, 6.45) is -9.50. The van der Waals surface area contributed by atoms with Crippen LogP contribution in [0.15, 0.2) is 0 Å². The van der Waals surface area contributed by atoms with E-state index >= 15 is 0 Å². The van der Waals surface area contributed by atoms with Crippen LogP contribution in [0.5, 0.6) is 0 Å². The van der Waals surface area contributed by atoms with Crippen molar-refractivity contribution in [2.45, 2.75) is 62.9 Å². The van der Waals surface area contributed by atoms with Crippen molar-refractivity contribution in [3.8, 4) is 0 Å². The summed E-state index contributed by atoms with van der Waals surface area (Å²) in [4.78, 5) is 10.6. The number of carboxylic acids is 1. The molecule has 4 saturated carbocycles. The highest BCUT2D eigenvalue weighted by Gasteiger charge is 2.72. The van der Waals surface area contributed by atoms with Gasteiger partial charge >= 0.3 is 12.4 Å². The minimum atomic E-state index is -5.90. The summed E-state index contributed by atoms with van der Waals surface area (Å²) < 4.78 is 84.0. The number of ether oxygens (including phenoxy) is 1. The normalized spacial score (nSPS) is 35.2. The van der Waals surface area contributed by atoms with Gasteiger partial charge in [0.2, 0.25) is 0 Å². The van der Waals surface area contributed by atoms with Gasteiger partial charge in [-0.3, -0.25) is 0 Å². The molecule has 4 fully saturated rings. The van der Waals surface area contributed by atoms with E-state index in [-0.39, 0.29) is 0 Å². The Hall–Kier alpha value is -0.990. The Balaban J connectivity index is 1.85. The molecule has 3 nitrogen and oxygen atoms in total. The molecule has 0 aromatic carbocycles. The van der Waals surface area contributed by atoms with Crippen molar-refractivity contribution in [3.05, 3.63) is 0 Å². The van der Waals surface area contributed by atoms with E-state index in [1.54, 1.807) is 0 Å². The monoisotopic (exact) mass is 373 g/mol. The van der Waals surface area contributed by atoms with E-state index in [1.807, 2.05) is 0 Å². The molecule has 0 aliphatic heterocycles. The second kappa shape index (κ2) is 5.76. The molecule has 0 atom stereocenters. The highest BCUT2D eigenvalue weighted by atomic mass is 19.4. The Labute approximate surface area is 140 Å². The number of aliphatic carboxylic acids is 1. The van der Waals surface area contributed by atoms with Crippen molar-refractivity contribution in [2.24, 2.45) is 23.2 Å². The fourth-order valence-corrected chi connectivity index (χ4v) is 5.52. The molecule has 0 spiro atoms. The van der Waals surface area contributed by atoms with Crippen LogP contribution in [-0.2, 0) is 9.53 Å². The lowest BCUT2D eigenvalue weighted by Crippen LogP contribution is -2.62. The third kappa shape index (κ3) is 3.24. The predicted octanol–water partition coefficient (Wildman–Crippen LogP) is 3.22. The third-order valence-corrected chi connectivity index (χ3v) is 6.10. The lowest BCUT2D eigenvalue weighted by Gasteiger charge is -2.57. The smallest absolute Gasteiger partial charge is 0.426 e. The van der Waals surface area contributed by atoms with Gasteiger partial charge in [0.25, 0.3) is 5.60 Å². The van der Waals surface area contributed by atoms with Crippen molar-refractivity contribution in [2.75, 3.05) is 6.61 Å². The molecule has 0 heterocycles. The Morgan fingerprint density at radius 1 is 0.920 bits per heavy atom. The van der Waals surface area contributed by atoms with Crippen LogP contribution < -0.4 is 5.11 Å². The van der Waals surface area contributed by atoms with Gasteiger partial charge in [0, 0.05) is 12.4 Å². The van der Waals surface area contributed by atoms with Crippen molar-refractivity contribution < 1.29 is 41.0 Å². The van der Waals surface area contributed by atoms with Gasteiger partial charge in [-0.1, -0.05) is 0 Å². The van der Waals surface area contributed by atoms with Gasteiger partial charge in [-0.15, -0.1) is 0 Å². The number of halogens is 6. The van der Waals surface area contributed by atoms with Gasteiger partial charge in [0.15, 0.2) is 0 Å². The Bertz CT molecular complexity index is 490. The summed E-state index contributed by atoms with van der Waals surface area (Å²) in [7, 11) is 0. The van der Waals surface area contributed by atoms with Crippen LogP contribution in [0.1, 0.15) is 44.9 Å². The number of hydrogen-bond acceptors (Lipinski definition) is 3. The average molecular weight is 373 g/mol. The minimum Gasteiger partial charge on any atom is -0.550 e. The molecule has 4 aliphatic carbocycles. The molecule has 0 aromatic heterocycles. The van der Waals surface area contributed by atoms with Gasteiger partial charge < -0.3 is 14.6 Å². The molecule has 4 bridgehead atoms. The largest absolute Gasteiger partial charge is 0.550 e. The molecule has 0 radical (unpaired) electrons. The van der Waals surface area contributed by atoms with Crippen LogP contribution in [0.3, 0.4) is 0 Å². The second-order valence-corrected chi connectivity index (χ2v) is 8.08. The van der Waals surface area contributed by atoms with Crippen molar-refractivity contribution in [1.82, 2.24) is 0 Å². The Kier molecular flexibility index (Phi) is 4.33. The first kappa shape index (κ1) is 18.8. The first-order valence-corrected chi connectivity index (χ1v) is 8.33. The zero-order valence-electron chi connectivity index (χ0n) is 13.4. The molecule has 0 amide bonds. The fourth-order valence-electron chi connectivity index (χ4n) is 5.52. The molecule has 0 saturated heterocycles. The van der Waals surface area contributed by atoms with E-state index in [0.29, 0.717) is 37.0 Å². The lowest BCUT2D eigenvalue weighted by atomic mass is 9.50. The van der Waals surface area contributed by atoms with Crippen molar-refractivity contribution in [3.63, 3.8) is 0 Å². The fraction of sp³-hybridized carbons (Fsp3) is 0.938. The first-order valence-electron chi connectivity index (χ1n) is 8.33. The van der Waals surface area contributed by atoms with E-state index in [2.05, 4.69) is 4.74 Å². The van der Waals surface area contributed by atoms with Gasteiger partial charge in [-0.05, 0) is 61.7 Å². The van der Waals surface area contributed by atoms with Crippen LogP contribution in [0.25, 0.3) is 0 Å². The molecule has 0 unspecified atom stereocenters. The minimum absolute atomic E-state index is 0.321. The molecule has 9 heteroatoms. The summed E-state index contributed by atoms with van der Waals surface area (Å²) in [6.45, 7) is -0.719. The number of rotatable bonds is 5. The van der Waals surface area contributed by atoms with E-state index in [1.165, 1.54) is 0 Å². The lowest BCUT2D eigenvalue weighted by molar-refractivity contribution is -0.396. The molecule has 4 rings (SSSR count). The molecule has 25 heavy (non-hydrogen) atoms. The van der Waals surface area contributed by atoms with Gasteiger partial charge in [0.1, 0.15) is 0 Å². The number of carbonyl (C=O) groups is 1. The summed E-state index contributed by atoms with van der Waals surface area (Å²) in [5.41, 5.74) is -5.43. The highest BCUT2D eigenvalue weighted by molar-refractivity contribution is 5.66. The molecular formula is C16H19F6O3-. The first-order chi connectivity index (χ1) is 11.4. The van der Waals surface area contributed by atoms with Gasteiger partial charge in [-0.25, -0.2) is 0 Å². The van der Waals surface area contributed by atoms with Crippen LogP contribution >= 0.6 is 0 Å². The Morgan fingerprint density at radius 3 is 1.64 bits per heavy atom. The summed E-state index contributed by atoms with van der Waals surface area (Å²) in [6, 6.07) is 0. The Morgan fingerprint density at radius 2 is 1.32 bits per heavy atom. The van der Waals surface area contributed by atoms with E-state index in [9.17, 15) is 36.2 Å². The molecule has 0 aromatic rings. The standard InChI is InChI=1S/C16H20F6O3/c17-15(18,19)14(7-12(23)24,16(20,21)22)25-8-13-4-9-1-10(5-13)3-11(2-9)6-13/h9-11H,1-8H2,(H,23,24)/p-1. The van der Waals surface area contributed by atoms with E-state index in [0.717, 1.165) is 19.3 Å². The zero-order chi connectivity index (χ0) is 18.7. The van der Waals surface area contributed by atoms with E-state index < -0.39 is 42.4 Å². The molecule has 4 aliphatic rings. The number of hydrogen-bond donors (Lipinski definition) is 0. The van der Waals surface area contributed by atoms with Crippen molar-refractivity contribution >= 4 is 5.97 Å². The summed E-state index contributed by atoms with van der Waals surface area (Å²) in [5.74, 6) is -1.48. The van der Waals surface area contributed by atoms with E-state index in [4.69, 9.17) is 0 Å². The maximum atomic E-state index is 13.3. The highest BCUT2D eigenvalue weighted by Crippen LogP contribution is 2.61. The SMILES string of the molecule is O=C([O-])CC(OCC12CC3CC(CC(C3)C1)C2)(C(F)(F)F)C(F)(F)F. The summed E-state index contributed by atoms with van der Waals surface area (Å²) in [5, 5.41) is 10.6. The van der Waals surface area contributed by atoms with Crippen LogP contribution in [0.2, 0.25) is 0 Å². The number of carboxylic acid groups (broad SMARTS) is 1. The van der Waals surface area contributed by atoms with Crippen LogP contribution in [0.4, 0.5) is 26.3 Å². The quantitative estimate of drug-likeness (QED) is 0.696. The van der Waals surface area contributed by atoms with Gasteiger partial charge in [-0.2, -0.15) is 26.3 Å².